The van der Waals surface area contributed by atoms with Crippen LogP contribution < -0.4 is 0 Å². The Morgan fingerprint density at radius 3 is 2.42 bits per heavy atom. The van der Waals surface area contributed by atoms with E-state index in [1.165, 1.54) is 0 Å². The van der Waals surface area contributed by atoms with Crippen molar-refractivity contribution in [3.8, 4) is 0 Å². The highest BCUT2D eigenvalue weighted by Crippen LogP contribution is 2.45. The minimum absolute atomic E-state index is 0.121. The van der Waals surface area contributed by atoms with Gasteiger partial charge in [-0.2, -0.15) is 0 Å². The summed E-state index contributed by atoms with van der Waals surface area (Å²) in [5, 5.41) is 10.8. The van der Waals surface area contributed by atoms with Crippen LogP contribution in [0.5, 0.6) is 0 Å². The Morgan fingerprint density at radius 1 is 1.13 bits per heavy atom. The van der Waals surface area contributed by atoms with E-state index < -0.39 is 29.4 Å². The van der Waals surface area contributed by atoms with Crippen LogP contribution >= 0.6 is 0 Å². The summed E-state index contributed by atoms with van der Waals surface area (Å²) < 4.78 is 5.25. The van der Waals surface area contributed by atoms with Crippen molar-refractivity contribution in [1.29, 1.82) is 0 Å². The van der Waals surface area contributed by atoms with Crippen LogP contribution in [0.2, 0.25) is 0 Å². The van der Waals surface area contributed by atoms with Gasteiger partial charge in [0, 0.05) is 26.1 Å². The molecule has 2 amide bonds. The Balaban J connectivity index is 1.83. The second-order valence-corrected chi connectivity index (χ2v) is 8.53. The molecule has 1 spiro atoms. The van der Waals surface area contributed by atoms with Gasteiger partial charge in [0.1, 0.15) is 12.0 Å². The van der Waals surface area contributed by atoms with Gasteiger partial charge >= 0.3 is 5.97 Å². The van der Waals surface area contributed by atoms with Gasteiger partial charge in [0.05, 0.1) is 12.1 Å². The van der Waals surface area contributed by atoms with Crippen LogP contribution in [0.3, 0.4) is 0 Å². The number of hydrogen-bond donors (Lipinski definition) is 1. The van der Waals surface area contributed by atoms with Gasteiger partial charge < -0.3 is 19.6 Å². The van der Waals surface area contributed by atoms with Gasteiger partial charge in [-0.05, 0) is 31.7 Å². The lowest BCUT2D eigenvalue weighted by molar-refractivity contribution is -0.156. The van der Waals surface area contributed by atoms with Crippen LogP contribution in [-0.2, 0) is 25.7 Å². The van der Waals surface area contributed by atoms with Gasteiger partial charge in [0.25, 0.3) is 5.91 Å². The molecule has 7 nitrogen and oxygen atoms in total. The van der Waals surface area contributed by atoms with Gasteiger partial charge in [-0.3, -0.25) is 14.4 Å². The van der Waals surface area contributed by atoms with E-state index in [0.29, 0.717) is 38.9 Å². The van der Waals surface area contributed by atoms with Gasteiger partial charge in [-0.15, -0.1) is 0 Å². The highest BCUT2D eigenvalue weighted by Gasteiger charge is 2.62. The maximum Gasteiger partial charge on any atom is 0.314 e. The Labute approximate surface area is 184 Å². The number of amides is 2. The fourth-order valence-corrected chi connectivity index (χ4v) is 4.97. The lowest BCUT2D eigenvalue weighted by Crippen LogP contribution is -2.58. The molecule has 0 unspecified atom stereocenters. The van der Waals surface area contributed by atoms with E-state index >= 15 is 0 Å². The van der Waals surface area contributed by atoms with Crippen LogP contribution in [-0.4, -0.2) is 64.0 Å². The van der Waals surface area contributed by atoms with Crippen molar-refractivity contribution in [2.75, 3.05) is 19.7 Å². The van der Waals surface area contributed by atoms with Crippen molar-refractivity contribution in [2.45, 2.75) is 70.6 Å². The van der Waals surface area contributed by atoms with E-state index in [1.54, 1.807) is 11.8 Å². The lowest BCUT2D eigenvalue weighted by Gasteiger charge is -2.47. The van der Waals surface area contributed by atoms with Gasteiger partial charge in [-0.25, -0.2) is 0 Å². The molecule has 2 aliphatic rings. The van der Waals surface area contributed by atoms with Crippen LogP contribution in [0.15, 0.2) is 30.3 Å². The Kier molecular flexibility index (Phi) is 7.70. The van der Waals surface area contributed by atoms with E-state index in [2.05, 4.69) is 6.92 Å². The first kappa shape index (κ1) is 23.3. The largest absolute Gasteiger partial charge is 0.466 e. The zero-order valence-electron chi connectivity index (χ0n) is 18.6. The van der Waals surface area contributed by atoms with Gasteiger partial charge in [0.2, 0.25) is 5.91 Å². The summed E-state index contributed by atoms with van der Waals surface area (Å²) in [6, 6.07) is 9.57. The number of carbonyl (C=O) groups excluding carboxylic acids is 3. The van der Waals surface area contributed by atoms with E-state index in [-0.39, 0.29) is 12.5 Å². The molecule has 170 valence electrons. The van der Waals surface area contributed by atoms with Gasteiger partial charge in [0.15, 0.2) is 0 Å². The first-order chi connectivity index (χ1) is 14.9. The van der Waals surface area contributed by atoms with Crippen LogP contribution in [0.4, 0.5) is 0 Å². The van der Waals surface area contributed by atoms with Crippen molar-refractivity contribution in [1.82, 2.24) is 9.80 Å². The maximum absolute atomic E-state index is 13.1. The van der Waals surface area contributed by atoms with Crippen molar-refractivity contribution >= 4 is 17.8 Å². The minimum atomic E-state index is -1.42. The molecule has 1 aromatic rings. The number of unbranched alkanes of at least 4 members (excludes halogenated alkanes) is 2. The number of aliphatic hydroxyl groups is 1. The number of ether oxygens (including phenoxy) is 1. The molecule has 0 radical (unpaired) electrons. The average molecular weight is 431 g/mol. The second-order valence-electron chi connectivity index (χ2n) is 8.53. The average Bonchev–Trinajstić information content (AvgIpc) is 2.96. The zero-order valence-corrected chi connectivity index (χ0v) is 18.6. The fraction of sp³-hybridized carbons (Fsp3) is 0.625. The van der Waals surface area contributed by atoms with Crippen molar-refractivity contribution in [2.24, 2.45) is 5.92 Å². The number of nitrogens with zero attached hydrogens (tertiary/aromatic N) is 2. The number of benzene rings is 1. The minimum Gasteiger partial charge on any atom is -0.466 e. The summed E-state index contributed by atoms with van der Waals surface area (Å²) in [5.41, 5.74) is 0.0868. The topological polar surface area (TPSA) is 87.1 Å². The molecule has 0 aromatic heterocycles. The van der Waals surface area contributed by atoms with Crippen molar-refractivity contribution < 1.29 is 24.2 Å². The van der Waals surface area contributed by atoms with E-state index in [1.807, 2.05) is 35.2 Å². The normalized spacial score (nSPS) is 22.7. The number of aliphatic hydroxyl groups excluding tert-OH is 1. The molecule has 31 heavy (non-hydrogen) atoms. The van der Waals surface area contributed by atoms with Crippen LogP contribution in [0.1, 0.15) is 57.9 Å². The number of esters is 1. The van der Waals surface area contributed by atoms with Crippen LogP contribution in [0, 0.1) is 5.92 Å². The summed E-state index contributed by atoms with van der Waals surface area (Å²) in [6.07, 6.45) is 2.97. The fourth-order valence-electron chi connectivity index (χ4n) is 4.97. The summed E-state index contributed by atoms with van der Waals surface area (Å²) in [5.74, 6) is -1.80. The smallest absolute Gasteiger partial charge is 0.314 e. The molecule has 2 fully saturated rings. The van der Waals surface area contributed by atoms with E-state index in [9.17, 15) is 19.5 Å². The molecule has 1 aromatic carbocycles. The summed E-state index contributed by atoms with van der Waals surface area (Å²) in [7, 11) is 0. The number of rotatable bonds is 8. The Hall–Kier alpha value is -2.41. The monoisotopic (exact) mass is 430 g/mol. The highest BCUT2D eigenvalue weighted by molar-refractivity contribution is 5.93. The summed E-state index contributed by atoms with van der Waals surface area (Å²) in [4.78, 5) is 42.0. The standard InChI is InChI=1S/C24H34N2O5/c1-3-5-7-12-19(27)25-15-13-24(14-16-25)20(23(30)31-4-2)21(28)22(29)26(24)17-18-10-8-6-9-11-18/h6,8-11,20-21,28H,3-5,7,12-17H2,1-2H3/t20-,21+/m0/s1. The maximum atomic E-state index is 13.1. The van der Waals surface area contributed by atoms with Crippen LogP contribution in [0.25, 0.3) is 0 Å². The third-order valence-electron chi connectivity index (χ3n) is 6.65. The molecule has 0 bridgehead atoms. The van der Waals surface area contributed by atoms with E-state index in [0.717, 1.165) is 24.8 Å². The SMILES string of the molecule is CCCCCC(=O)N1CCC2(CC1)[C@H](C(=O)OCC)[C@@H](O)C(=O)N2Cc1ccccc1. The molecule has 3 rings (SSSR count). The molecule has 1 N–H and O–H groups in total. The molecular formula is C24H34N2O5. The lowest BCUT2D eigenvalue weighted by atomic mass is 9.75. The molecule has 2 saturated heterocycles. The molecule has 0 saturated carbocycles. The number of carbonyl (C=O) groups is 3. The predicted molar refractivity (Wildman–Crippen MR) is 116 cm³/mol. The second kappa shape index (κ2) is 10.3. The molecule has 2 aliphatic heterocycles. The summed E-state index contributed by atoms with van der Waals surface area (Å²) in [6.45, 7) is 5.25. The Morgan fingerprint density at radius 2 is 1.81 bits per heavy atom. The predicted octanol–water partition coefficient (Wildman–Crippen LogP) is 2.51. The Bertz CT molecular complexity index is 773. The third kappa shape index (κ3) is 4.76. The van der Waals surface area contributed by atoms with Crippen molar-refractivity contribution in [3.05, 3.63) is 35.9 Å². The van der Waals surface area contributed by atoms with Crippen molar-refractivity contribution in [3.63, 3.8) is 0 Å². The molecule has 2 heterocycles. The zero-order chi connectivity index (χ0) is 22.4. The molecule has 7 heteroatoms. The molecule has 2 atom stereocenters. The quantitative estimate of drug-likeness (QED) is 0.506. The number of likely N-dealkylation sites (tertiary alicyclic amines) is 2. The number of piperidine rings is 1. The summed E-state index contributed by atoms with van der Waals surface area (Å²) >= 11 is 0. The highest BCUT2D eigenvalue weighted by atomic mass is 16.5. The third-order valence-corrected chi connectivity index (χ3v) is 6.65. The molecular weight excluding hydrogens is 396 g/mol. The molecule has 0 aliphatic carbocycles. The number of hydrogen-bond acceptors (Lipinski definition) is 5. The van der Waals surface area contributed by atoms with E-state index in [4.69, 9.17) is 4.74 Å². The first-order valence-corrected chi connectivity index (χ1v) is 11.4. The first-order valence-electron chi connectivity index (χ1n) is 11.4. The van der Waals surface area contributed by atoms with Gasteiger partial charge in [-0.1, -0.05) is 50.1 Å².